The van der Waals surface area contributed by atoms with Crippen LogP contribution in [0.2, 0.25) is 5.02 Å². The highest BCUT2D eigenvalue weighted by Crippen LogP contribution is 2.24. The third-order valence-electron chi connectivity index (χ3n) is 1.99. The Morgan fingerprint density at radius 2 is 1.93 bits per heavy atom. The topological polar surface area (TPSA) is 0 Å². The molecule has 0 aliphatic rings. The zero-order valence-electron chi connectivity index (χ0n) is 8.11. The minimum atomic E-state index is 0.793. The summed E-state index contributed by atoms with van der Waals surface area (Å²) in [6.07, 6.45) is 0. The summed E-state index contributed by atoms with van der Waals surface area (Å²) in [6.45, 7) is 0. The van der Waals surface area contributed by atoms with Crippen LogP contribution in [0.4, 0.5) is 0 Å². The van der Waals surface area contributed by atoms with Crippen molar-refractivity contribution in [2.24, 2.45) is 0 Å². The molecule has 0 fully saturated rings. The van der Waals surface area contributed by atoms with Gasteiger partial charge in [0.2, 0.25) is 0 Å². The molecule has 1 radical (unpaired) electrons. The molecule has 0 bridgehead atoms. The Bertz CT molecular complexity index is 426. The highest BCUT2D eigenvalue weighted by molar-refractivity contribution is 7.98. The third kappa shape index (κ3) is 3.29. The molecule has 0 aliphatic carbocycles. The number of benzene rings is 2. The Labute approximate surface area is 99.3 Å². The van der Waals surface area contributed by atoms with Gasteiger partial charge in [0.25, 0.3) is 0 Å². The normalized spacial score (nSPS) is 10.2. The van der Waals surface area contributed by atoms with Crippen LogP contribution in [0.15, 0.2) is 53.4 Å². The van der Waals surface area contributed by atoms with Gasteiger partial charge in [-0.2, -0.15) is 0 Å². The average Bonchev–Trinajstić information content (AvgIpc) is 2.28. The van der Waals surface area contributed by atoms with Gasteiger partial charge in [-0.15, -0.1) is 11.8 Å². The van der Waals surface area contributed by atoms with Gasteiger partial charge in [0, 0.05) is 15.7 Å². The third-order valence-corrected chi connectivity index (χ3v) is 3.29. The predicted octanol–water partition coefficient (Wildman–Crippen LogP) is 4.43. The standard InChI is InChI=1S/C13H10ClS/c14-12-7-4-8-13(9-12)15-10-11-5-2-1-3-6-11/h2-9H,10H2. The number of hydrogen-bond donors (Lipinski definition) is 0. The van der Waals surface area contributed by atoms with Gasteiger partial charge in [0.05, 0.1) is 0 Å². The molecule has 15 heavy (non-hydrogen) atoms. The summed E-state index contributed by atoms with van der Waals surface area (Å²) in [4.78, 5) is 1.20. The van der Waals surface area contributed by atoms with Crippen molar-refractivity contribution in [3.05, 3.63) is 65.2 Å². The lowest BCUT2D eigenvalue weighted by Crippen LogP contribution is -1.79. The molecule has 0 amide bonds. The van der Waals surface area contributed by atoms with Crippen molar-refractivity contribution in [2.45, 2.75) is 10.6 Å². The van der Waals surface area contributed by atoms with Crippen LogP contribution >= 0.6 is 23.4 Å². The Hall–Kier alpha value is -0.920. The van der Waals surface area contributed by atoms with E-state index in [1.165, 1.54) is 10.5 Å². The average molecular weight is 234 g/mol. The lowest BCUT2D eigenvalue weighted by Gasteiger charge is -2.01. The van der Waals surface area contributed by atoms with E-state index in [2.05, 4.69) is 24.3 Å². The molecule has 0 aromatic heterocycles. The van der Waals surface area contributed by atoms with Crippen molar-refractivity contribution < 1.29 is 0 Å². The maximum absolute atomic E-state index is 5.91. The van der Waals surface area contributed by atoms with Gasteiger partial charge in [-0.1, -0.05) is 41.9 Å². The molecule has 0 atom stereocenters. The molecule has 2 rings (SSSR count). The van der Waals surface area contributed by atoms with Crippen LogP contribution in [0.1, 0.15) is 5.56 Å². The van der Waals surface area contributed by atoms with Crippen molar-refractivity contribution in [1.29, 1.82) is 0 Å². The molecular formula is C13H10ClS. The van der Waals surface area contributed by atoms with Crippen LogP contribution in [-0.2, 0) is 5.75 Å². The summed E-state index contributed by atoms with van der Waals surface area (Å²) < 4.78 is 0. The second-order valence-corrected chi connectivity index (χ2v) is 4.64. The Balaban J connectivity index is 1.99. The molecule has 2 aromatic carbocycles. The van der Waals surface area contributed by atoms with E-state index in [9.17, 15) is 0 Å². The largest absolute Gasteiger partial charge is 0.121 e. The maximum Gasteiger partial charge on any atom is 0.0417 e. The minimum absolute atomic E-state index is 0.793. The monoisotopic (exact) mass is 233 g/mol. The second kappa shape index (κ2) is 5.24. The first-order valence-corrected chi connectivity index (χ1v) is 6.04. The van der Waals surface area contributed by atoms with E-state index in [0.717, 1.165) is 10.8 Å². The summed E-state index contributed by atoms with van der Waals surface area (Å²) in [5.41, 5.74) is 1.30. The molecule has 0 saturated carbocycles. The van der Waals surface area contributed by atoms with Gasteiger partial charge in [-0.25, -0.2) is 0 Å². The summed E-state index contributed by atoms with van der Waals surface area (Å²) >= 11 is 7.70. The summed E-state index contributed by atoms with van der Waals surface area (Å²) in [6, 6.07) is 19.0. The molecule has 0 nitrogen and oxygen atoms in total. The van der Waals surface area contributed by atoms with E-state index in [4.69, 9.17) is 11.6 Å². The fourth-order valence-electron chi connectivity index (χ4n) is 1.24. The lowest BCUT2D eigenvalue weighted by molar-refractivity contribution is 1.38. The Morgan fingerprint density at radius 3 is 2.67 bits per heavy atom. The van der Waals surface area contributed by atoms with Crippen molar-refractivity contribution >= 4 is 23.4 Å². The SMILES string of the molecule is Clc1cccc(SCc2cc[c]cc2)c1. The van der Waals surface area contributed by atoms with E-state index in [0.29, 0.717) is 0 Å². The highest BCUT2D eigenvalue weighted by Gasteiger charge is 1.96. The first-order valence-electron chi connectivity index (χ1n) is 4.68. The molecule has 2 heteroatoms. The minimum Gasteiger partial charge on any atom is -0.121 e. The fourth-order valence-corrected chi connectivity index (χ4v) is 2.41. The Morgan fingerprint density at radius 1 is 1.13 bits per heavy atom. The van der Waals surface area contributed by atoms with Crippen LogP contribution in [0.25, 0.3) is 0 Å². The molecule has 0 spiro atoms. The summed E-state index contributed by atoms with van der Waals surface area (Å²) in [7, 11) is 0. The molecule has 0 aliphatic heterocycles. The number of thioether (sulfide) groups is 1. The zero-order valence-corrected chi connectivity index (χ0v) is 9.68. The van der Waals surface area contributed by atoms with Crippen molar-refractivity contribution in [3.63, 3.8) is 0 Å². The quantitative estimate of drug-likeness (QED) is 0.707. The van der Waals surface area contributed by atoms with Crippen LogP contribution < -0.4 is 0 Å². The molecule has 0 N–H and O–H groups in total. The van der Waals surface area contributed by atoms with Crippen LogP contribution in [-0.4, -0.2) is 0 Å². The van der Waals surface area contributed by atoms with Gasteiger partial charge in [-0.05, 0) is 29.8 Å². The highest BCUT2D eigenvalue weighted by atomic mass is 35.5. The predicted molar refractivity (Wildman–Crippen MR) is 66.3 cm³/mol. The first-order chi connectivity index (χ1) is 7.34. The number of rotatable bonds is 3. The molecule has 75 valence electrons. The number of hydrogen-bond acceptors (Lipinski definition) is 1. The smallest absolute Gasteiger partial charge is 0.0417 e. The van der Waals surface area contributed by atoms with Gasteiger partial charge < -0.3 is 0 Å². The van der Waals surface area contributed by atoms with Gasteiger partial charge >= 0.3 is 0 Å². The summed E-state index contributed by atoms with van der Waals surface area (Å²) in [5.74, 6) is 0.967. The van der Waals surface area contributed by atoms with E-state index in [1.807, 2.05) is 30.3 Å². The van der Waals surface area contributed by atoms with Gasteiger partial charge in [-0.3, -0.25) is 0 Å². The summed E-state index contributed by atoms with van der Waals surface area (Å²) in [5, 5.41) is 0.793. The van der Waals surface area contributed by atoms with E-state index < -0.39 is 0 Å². The van der Waals surface area contributed by atoms with Crippen molar-refractivity contribution in [3.8, 4) is 0 Å². The molecular weight excluding hydrogens is 224 g/mol. The van der Waals surface area contributed by atoms with Crippen molar-refractivity contribution in [1.82, 2.24) is 0 Å². The van der Waals surface area contributed by atoms with Gasteiger partial charge in [0.1, 0.15) is 0 Å². The molecule has 0 heterocycles. The molecule has 2 aromatic rings. The van der Waals surface area contributed by atoms with E-state index in [-0.39, 0.29) is 0 Å². The van der Waals surface area contributed by atoms with Crippen LogP contribution in [0, 0.1) is 6.07 Å². The first kappa shape index (κ1) is 10.6. The van der Waals surface area contributed by atoms with E-state index >= 15 is 0 Å². The maximum atomic E-state index is 5.91. The fraction of sp³-hybridized carbons (Fsp3) is 0.0769. The van der Waals surface area contributed by atoms with E-state index in [1.54, 1.807) is 11.8 Å². The molecule has 0 saturated heterocycles. The van der Waals surface area contributed by atoms with Crippen molar-refractivity contribution in [2.75, 3.05) is 0 Å². The van der Waals surface area contributed by atoms with Crippen LogP contribution in [0.3, 0.4) is 0 Å². The molecule has 0 unspecified atom stereocenters. The van der Waals surface area contributed by atoms with Crippen LogP contribution in [0.5, 0.6) is 0 Å². The second-order valence-electron chi connectivity index (χ2n) is 3.15. The zero-order chi connectivity index (χ0) is 10.5. The number of halogens is 1. The lowest BCUT2D eigenvalue weighted by atomic mass is 10.2. The Kier molecular flexibility index (Phi) is 3.70. The van der Waals surface area contributed by atoms with Gasteiger partial charge in [0.15, 0.2) is 0 Å².